The second-order valence-electron chi connectivity index (χ2n) is 7.78. The Hall–Kier alpha value is -1.09. The maximum atomic E-state index is 4.66. The molecule has 3 heteroatoms. The molecule has 1 aromatic heterocycles. The fourth-order valence-corrected chi connectivity index (χ4v) is 2.70. The van der Waals surface area contributed by atoms with Gasteiger partial charge >= 0.3 is 0 Å². The van der Waals surface area contributed by atoms with Crippen LogP contribution in [-0.4, -0.2) is 23.6 Å². The van der Waals surface area contributed by atoms with Crippen molar-refractivity contribution in [1.82, 2.24) is 10.3 Å². The third kappa shape index (κ3) is 4.70. The van der Waals surface area contributed by atoms with Crippen molar-refractivity contribution in [2.24, 2.45) is 5.41 Å². The first-order valence-electron chi connectivity index (χ1n) is 8.26. The molecule has 118 valence electrons. The predicted molar refractivity (Wildman–Crippen MR) is 90.7 cm³/mol. The zero-order valence-electron chi connectivity index (χ0n) is 14.4. The Balaban J connectivity index is 1.91. The van der Waals surface area contributed by atoms with Crippen LogP contribution >= 0.6 is 0 Å². The topological polar surface area (TPSA) is 28.2 Å². The van der Waals surface area contributed by atoms with Gasteiger partial charge in [-0.3, -0.25) is 0 Å². The van der Waals surface area contributed by atoms with Crippen LogP contribution in [0.5, 0.6) is 0 Å². The van der Waals surface area contributed by atoms with Gasteiger partial charge in [0, 0.05) is 31.4 Å². The standard InChI is InChI=1S/C18H31N3/c1-6-18(5)9-11-21(12-10-18)16-8-7-15(13-19-16)14-20-17(2,3)4/h7-8,13,20H,6,9-12,14H2,1-5H3. The third-order valence-electron chi connectivity index (χ3n) is 4.78. The third-order valence-corrected chi connectivity index (χ3v) is 4.78. The van der Waals surface area contributed by atoms with Crippen molar-refractivity contribution in [1.29, 1.82) is 0 Å². The summed E-state index contributed by atoms with van der Waals surface area (Å²) in [4.78, 5) is 7.09. The second-order valence-corrected chi connectivity index (χ2v) is 7.78. The molecule has 0 saturated carbocycles. The molecule has 0 radical (unpaired) electrons. The zero-order valence-corrected chi connectivity index (χ0v) is 14.4. The second kappa shape index (κ2) is 6.35. The van der Waals surface area contributed by atoms with Gasteiger partial charge in [0.1, 0.15) is 5.82 Å². The highest BCUT2D eigenvalue weighted by molar-refractivity contribution is 5.40. The number of anilines is 1. The molecule has 0 bridgehead atoms. The van der Waals surface area contributed by atoms with E-state index in [2.05, 4.69) is 62.0 Å². The van der Waals surface area contributed by atoms with Crippen molar-refractivity contribution in [3.05, 3.63) is 23.9 Å². The van der Waals surface area contributed by atoms with Gasteiger partial charge in [-0.25, -0.2) is 4.98 Å². The van der Waals surface area contributed by atoms with E-state index in [0.29, 0.717) is 5.41 Å². The van der Waals surface area contributed by atoms with Gasteiger partial charge in [0.05, 0.1) is 0 Å². The zero-order chi connectivity index (χ0) is 15.5. The normalized spacial score (nSPS) is 18.8. The molecule has 0 spiro atoms. The van der Waals surface area contributed by atoms with Gasteiger partial charge in [0.15, 0.2) is 0 Å². The Bertz CT molecular complexity index is 437. The summed E-state index contributed by atoms with van der Waals surface area (Å²) in [7, 11) is 0. The molecule has 1 aliphatic heterocycles. The highest BCUT2D eigenvalue weighted by Gasteiger charge is 2.28. The Labute approximate surface area is 130 Å². The monoisotopic (exact) mass is 289 g/mol. The molecule has 1 saturated heterocycles. The number of hydrogen-bond acceptors (Lipinski definition) is 3. The maximum Gasteiger partial charge on any atom is 0.128 e. The molecule has 0 unspecified atom stereocenters. The number of aromatic nitrogens is 1. The lowest BCUT2D eigenvalue weighted by Gasteiger charge is -2.39. The first-order chi connectivity index (χ1) is 9.81. The summed E-state index contributed by atoms with van der Waals surface area (Å²) in [5, 5.41) is 3.50. The molecule has 1 aromatic rings. The predicted octanol–water partition coefficient (Wildman–Crippen LogP) is 3.99. The number of pyridine rings is 1. The lowest BCUT2D eigenvalue weighted by Crippen LogP contribution is -2.38. The lowest BCUT2D eigenvalue weighted by molar-refractivity contribution is 0.238. The van der Waals surface area contributed by atoms with E-state index >= 15 is 0 Å². The van der Waals surface area contributed by atoms with Crippen molar-refractivity contribution in [3.63, 3.8) is 0 Å². The Kier molecular flexibility index (Phi) is 4.92. The van der Waals surface area contributed by atoms with Gasteiger partial charge in [0.25, 0.3) is 0 Å². The highest BCUT2D eigenvalue weighted by Crippen LogP contribution is 2.35. The quantitative estimate of drug-likeness (QED) is 0.908. The Morgan fingerprint density at radius 2 is 1.90 bits per heavy atom. The van der Waals surface area contributed by atoms with Crippen LogP contribution < -0.4 is 10.2 Å². The van der Waals surface area contributed by atoms with E-state index in [0.717, 1.165) is 25.5 Å². The lowest BCUT2D eigenvalue weighted by atomic mass is 9.78. The largest absolute Gasteiger partial charge is 0.357 e. The summed E-state index contributed by atoms with van der Waals surface area (Å²) < 4.78 is 0. The van der Waals surface area contributed by atoms with Crippen LogP contribution in [0.3, 0.4) is 0 Å². The summed E-state index contributed by atoms with van der Waals surface area (Å²) >= 11 is 0. The summed E-state index contributed by atoms with van der Waals surface area (Å²) in [5.41, 5.74) is 1.94. The molecule has 2 heterocycles. The van der Waals surface area contributed by atoms with Crippen LogP contribution in [0, 0.1) is 5.41 Å². The fraction of sp³-hybridized carbons (Fsp3) is 0.722. The van der Waals surface area contributed by atoms with Gasteiger partial charge in [-0.1, -0.05) is 26.3 Å². The highest BCUT2D eigenvalue weighted by atomic mass is 15.2. The number of piperidine rings is 1. The van der Waals surface area contributed by atoms with Crippen LogP contribution in [-0.2, 0) is 6.54 Å². The average molecular weight is 289 g/mol. The van der Waals surface area contributed by atoms with Gasteiger partial charge in [-0.15, -0.1) is 0 Å². The minimum atomic E-state index is 0.149. The van der Waals surface area contributed by atoms with E-state index in [-0.39, 0.29) is 5.54 Å². The molecule has 1 aliphatic rings. The van der Waals surface area contributed by atoms with Crippen LogP contribution in [0.15, 0.2) is 18.3 Å². The number of nitrogens with zero attached hydrogens (tertiary/aromatic N) is 2. The molecule has 0 atom stereocenters. The molecule has 1 N–H and O–H groups in total. The first kappa shape index (κ1) is 16.3. The molecule has 2 rings (SSSR count). The van der Waals surface area contributed by atoms with E-state index in [1.807, 2.05) is 6.20 Å². The van der Waals surface area contributed by atoms with Crippen molar-refractivity contribution < 1.29 is 0 Å². The molecule has 3 nitrogen and oxygen atoms in total. The number of hydrogen-bond donors (Lipinski definition) is 1. The Morgan fingerprint density at radius 3 is 2.38 bits per heavy atom. The molecule has 0 aromatic carbocycles. The smallest absolute Gasteiger partial charge is 0.128 e. The fourth-order valence-electron chi connectivity index (χ4n) is 2.70. The average Bonchev–Trinajstić information content (AvgIpc) is 2.46. The van der Waals surface area contributed by atoms with E-state index < -0.39 is 0 Å². The van der Waals surface area contributed by atoms with E-state index in [1.54, 1.807) is 0 Å². The number of nitrogens with one attached hydrogen (secondary N) is 1. The molecule has 0 amide bonds. The molecule has 1 fully saturated rings. The van der Waals surface area contributed by atoms with Gasteiger partial charge in [-0.05, 0) is 50.7 Å². The van der Waals surface area contributed by atoms with Gasteiger partial charge in [-0.2, -0.15) is 0 Å². The van der Waals surface area contributed by atoms with E-state index in [4.69, 9.17) is 0 Å². The summed E-state index contributed by atoms with van der Waals surface area (Å²) in [6.07, 6.45) is 5.85. The van der Waals surface area contributed by atoms with Crippen molar-refractivity contribution in [2.45, 2.75) is 66.0 Å². The summed E-state index contributed by atoms with van der Waals surface area (Å²) in [5.74, 6) is 1.13. The molecule has 21 heavy (non-hydrogen) atoms. The SMILES string of the molecule is CCC1(C)CCN(c2ccc(CNC(C)(C)C)cn2)CC1. The summed E-state index contributed by atoms with van der Waals surface area (Å²) in [6, 6.07) is 4.38. The molecular weight excluding hydrogens is 258 g/mol. The van der Waals surface area contributed by atoms with Crippen LogP contribution in [0.2, 0.25) is 0 Å². The Morgan fingerprint density at radius 1 is 1.24 bits per heavy atom. The maximum absolute atomic E-state index is 4.66. The van der Waals surface area contributed by atoms with Crippen LogP contribution in [0.1, 0.15) is 59.4 Å². The van der Waals surface area contributed by atoms with E-state index in [9.17, 15) is 0 Å². The minimum Gasteiger partial charge on any atom is -0.357 e. The molecular formula is C18H31N3. The minimum absolute atomic E-state index is 0.149. The van der Waals surface area contributed by atoms with Gasteiger partial charge in [0.2, 0.25) is 0 Å². The first-order valence-corrected chi connectivity index (χ1v) is 8.26. The van der Waals surface area contributed by atoms with Crippen LogP contribution in [0.25, 0.3) is 0 Å². The van der Waals surface area contributed by atoms with Crippen molar-refractivity contribution in [3.8, 4) is 0 Å². The number of rotatable bonds is 4. The van der Waals surface area contributed by atoms with Crippen LogP contribution in [0.4, 0.5) is 5.82 Å². The van der Waals surface area contributed by atoms with Crippen molar-refractivity contribution >= 4 is 5.82 Å². The van der Waals surface area contributed by atoms with Gasteiger partial charge < -0.3 is 10.2 Å². The van der Waals surface area contributed by atoms with E-state index in [1.165, 1.54) is 24.8 Å². The molecule has 0 aliphatic carbocycles. The summed E-state index contributed by atoms with van der Waals surface area (Å²) in [6.45, 7) is 14.4. The van der Waals surface area contributed by atoms with Crippen molar-refractivity contribution in [2.75, 3.05) is 18.0 Å².